The Bertz CT molecular complexity index is 289. The second-order valence-corrected chi connectivity index (χ2v) is 3.50. The molecule has 0 radical (unpaired) electrons. The lowest BCUT2D eigenvalue weighted by Crippen LogP contribution is -1.98. The van der Waals surface area contributed by atoms with E-state index in [1.54, 1.807) is 11.1 Å². The molecule has 1 aromatic heterocycles. The third-order valence-corrected chi connectivity index (χ3v) is 2.59. The molecule has 4 heteroatoms. The van der Waals surface area contributed by atoms with Gasteiger partial charge in [0.05, 0.1) is 0 Å². The molecule has 1 fully saturated rings. The van der Waals surface area contributed by atoms with Gasteiger partial charge in [0, 0.05) is 5.71 Å². The molecule has 1 saturated carbocycles. The maximum Gasteiger partial charge on any atom is 0.139 e. The molecule has 2 rings (SSSR count). The van der Waals surface area contributed by atoms with Crippen molar-refractivity contribution in [3.8, 4) is 0 Å². The Hall–Kier alpha value is -1.19. The van der Waals surface area contributed by atoms with E-state index >= 15 is 0 Å². The number of hydrogen-bond donors (Lipinski definition) is 0. The SMILES string of the molecule is CCC1CC/C(=N\n2cncn2)C1. The lowest BCUT2D eigenvalue weighted by Gasteiger charge is -2.00. The zero-order chi connectivity index (χ0) is 9.10. The minimum absolute atomic E-state index is 0.835. The van der Waals surface area contributed by atoms with Crippen LogP contribution in [0.15, 0.2) is 17.8 Å². The van der Waals surface area contributed by atoms with Gasteiger partial charge in [-0.3, -0.25) is 0 Å². The van der Waals surface area contributed by atoms with E-state index < -0.39 is 0 Å². The van der Waals surface area contributed by atoms with Crippen molar-refractivity contribution in [1.29, 1.82) is 0 Å². The molecule has 0 spiro atoms. The Morgan fingerprint density at radius 1 is 1.69 bits per heavy atom. The van der Waals surface area contributed by atoms with Gasteiger partial charge in [-0.15, -0.1) is 9.89 Å². The molecule has 0 saturated heterocycles. The molecule has 0 bridgehead atoms. The Morgan fingerprint density at radius 2 is 2.62 bits per heavy atom. The Kier molecular flexibility index (Phi) is 2.38. The van der Waals surface area contributed by atoms with E-state index in [0.717, 1.165) is 18.8 Å². The predicted octanol–water partition coefficient (Wildman–Crippen LogP) is 1.69. The van der Waals surface area contributed by atoms with Crippen LogP contribution in [0.25, 0.3) is 0 Å². The van der Waals surface area contributed by atoms with Gasteiger partial charge in [-0.25, -0.2) is 4.98 Å². The van der Waals surface area contributed by atoms with E-state index in [0.29, 0.717) is 0 Å². The first kappa shape index (κ1) is 8.41. The summed E-state index contributed by atoms with van der Waals surface area (Å²) in [5.74, 6) is 0.835. The molecule has 1 aromatic rings. The summed E-state index contributed by atoms with van der Waals surface area (Å²) in [6, 6.07) is 0. The summed E-state index contributed by atoms with van der Waals surface area (Å²) in [7, 11) is 0. The first-order chi connectivity index (χ1) is 6.38. The number of rotatable bonds is 2. The normalized spacial score (nSPS) is 25.6. The fourth-order valence-electron chi connectivity index (χ4n) is 1.75. The van der Waals surface area contributed by atoms with Gasteiger partial charge >= 0.3 is 0 Å². The maximum absolute atomic E-state index is 4.38. The van der Waals surface area contributed by atoms with Crippen molar-refractivity contribution in [1.82, 2.24) is 14.9 Å². The summed E-state index contributed by atoms with van der Waals surface area (Å²) < 4.78 is 0. The van der Waals surface area contributed by atoms with Gasteiger partial charge in [-0.2, -0.15) is 5.10 Å². The van der Waals surface area contributed by atoms with E-state index in [1.807, 2.05) is 0 Å². The van der Waals surface area contributed by atoms with Gasteiger partial charge in [0.15, 0.2) is 0 Å². The van der Waals surface area contributed by atoms with Crippen molar-refractivity contribution in [2.45, 2.75) is 32.6 Å². The average Bonchev–Trinajstić information content (AvgIpc) is 2.76. The number of aromatic nitrogens is 3. The van der Waals surface area contributed by atoms with Crippen molar-refractivity contribution in [2.24, 2.45) is 11.0 Å². The highest BCUT2D eigenvalue weighted by Gasteiger charge is 2.18. The Balaban J connectivity index is 2.03. The summed E-state index contributed by atoms with van der Waals surface area (Å²) in [6.07, 6.45) is 7.94. The largest absolute Gasteiger partial charge is 0.221 e. The molecule has 0 N–H and O–H groups in total. The van der Waals surface area contributed by atoms with Crippen molar-refractivity contribution in [3.63, 3.8) is 0 Å². The van der Waals surface area contributed by atoms with Gasteiger partial charge in [-0.05, 0) is 25.2 Å². The second kappa shape index (κ2) is 3.68. The summed E-state index contributed by atoms with van der Waals surface area (Å²) in [6.45, 7) is 2.24. The minimum Gasteiger partial charge on any atom is -0.221 e. The van der Waals surface area contributed by atoms with Crippen molar-refractivity contribution in [3.05, 3.63) is 12.7 Å². The van der Waals surface area contributed by atoms with Crippen LogP contribution in [0.1, 0.15) is 32.6 Å². The minimum atomic E-state index is 0.835. The monoisotopic (exact) mass is 178 g/mol. The Labute approximate surface area is 77.7 Å². The van der Waals surface area contributed by atoms with Gasteiger partial charge < -0.3 is 0 Å². The van der Waals surface area contributed by atoms with E-state index in [-0.39, 0.29) is 0 Å². The van der Waals surface area contributed by atoms with Crippen LogP contribution in [-0.2, 0) is 0 Å². The van der Waals surface area contributed by atoms with Crippen LogP contribution >= 0.6 is 0 Å². The third-order valence-electron chi connectivity index (χ3n) is 2.59. The van der Waals surface area contributed by atoms with Crippen LogP contribution in [0.2, 0.25) is 0 Å². The van der Waals surface area contributed by atoms with Crippen molar-refractivity contribution >= 4 is 5.71 Å². The van der Waals surface area contributed by atoms with Crippen molar-refractivity contribution < 1.29 is 0 Å². The van der Waals surface area contributed by atoms with Crippen LogP contribution in [0.5, 0.6) is 0 Å². The van der Waals surface area contributed by atoms with Crippen molar-refractivity contribution in [2.75, 3.05) is 0 Å². The van der Waals surface area contributed by atoms with Gasteiger partial charge in [0.1, 0.15) is 12.7 Å². The quantitative estimate of drug-likeness (QED) is 0.691. The van der Waals surface area contributed by atoms with Crippen LogP contribution in [-0.4, -0.2) is 20.6 Å². The molecule has 13 heavy (non-hydrogen) atoms. The van der Waals surface area contributed by atoms with E-state index in [1.165, 1.54) is 24.9 Å². The van der Waals surface area contributed by atoms with E-state index in [2.05, 4.69) is 22.1 Å². The molecule has 0 aromatic carbocycles. The number of hydrogen-bond acceptors (Lipinski definition) is 3. The zero-order valence-electron chi connectivity index (χ0n) is 7.85. The van der Waals surface area contributed by atoms with Gasteiger partial charge in [0.2, 0.25) is 0 Å². The second-order valence-electron chi connectivity index (χ2n) is 3.50. The molecule has 70 valence electrons. The highest BCUT2D eigenvalue weighted by Crippen LogP contribution is 2.25. The van der Waals surface area contributed by atoms with E-state index in [4.69, 9.17) is 0 Å². The molecule has 1 atom stereocenters. The average molecular weight is 178 g/mol. The van der Waals surface area contributed by atoms with Crippen LogP contribution in [0, 0.1) is 5.92 Å². The lowest BCUT2D eigenvalue weighted by molar-refractivity contribution is 0.540. The molecule has 1 aliphatic rings. The third kappa shape index (κ3) is 1.94. The molecule has 1 aliphatic carbocycles. The maximum atomic E-state index is 4.38. The Morgan fingerprint density at radius 3 is 3.23 bits per heavy atom. The topological polar surface area (TPSA) is 43.1 Å². The fourth-order valence-corrected chi connectivity index (χ4v) is 1.75. The van der Waals surface area contributed by atoms with E-state index in [9.17, 15) is 0 Å². The molecule has 4 nitrogen and oxygen atoms in total. The molecule has 0 aliphatic heterocycles. The highest BCUT2D eigenvalue weighted by atomic mass is 15.5. The standard InChI is InChI=1S/C9H14N4/c1-2-8-3-4-9(5-8)12-13-7-10-6-11-13/h6-8H,2-5H2,1H3/b12-9+. The fraction of sp³-hybridized carbons (Fsp3) is 0.667. The summed E-state index contributed by atoms with van der Waals surface area (Å²) in [4.78, 5) is 5.40. The molecular formula is C9H14N4. The molecule has 0 amide bonds. The molecule has 1 unspecified atom stereocenters. The molecular weight excluding hydrogens is 164 g/mol. The summed E-state index contributed by atoms with van der Waals surface area (Å²) >= 11 is 0. The first-order valence-corrected chi connectivity index (χ1v) is 4.80. The summed E-state index contributed by atoms with van der Waals surface area (Å²) in [5, 5.41) is 8.32. The van der Waals surface area contributed by atoms with Gasteiger partial charge in [-0.1, -0.05) is 13.3 Å². The van der Waals surface area contributed by atoms with Gasteiger partial charge in [0.25, 0.3) is 0 Å². The first-order valence-electron chi connectivity index (χ1n) is 4.80. The number of nitrogens with zero attached hydrogens (tertiary/aromatic N) is 4. The summed E-state index contributed by atoms with van der Waals surface area (Å²) in [5.41, 5.74) is 1.26. The van der Waals surface area contributed by atoms with Crippen LogP contribution in [0.4, 0.5) is 0 Å². The lowest BCUT2D eigenvalue weighted by atomic mass is 10.1. The van der Waals surface area contributed by atoms with Crippen LogP contribution < -0.4 is 0 Å². The zero-order valence-corrected chi connectivity index (χ0v) is 7.85. The smallest absolute Gasteiger partial charge is 0.139 e. The predicted molar refractivity (Wildman–Crippen MR) is 50.5 cm³/mol. The van der Waals surface area contributed by atoms with Crippen LogP contribution in [0.3, 0.4) is 0 Å². The molecule has 1 heterocycles. The highest BCUT2D eigenvalue weighted by molar-refractivity contribution is 5.86.